The summed E-state index contributed by atoms with van der Waals surface area (Å²) in [6.45, 7) is 0.938. The number of nitrogens with one attached hydrogen (secondary N) is 1. The van der Waals surface area contributed by atoms with Gasteiger partial charge in [-0.3, -0.25) is 9.59 Å². The monoisotopic (exact) mass is 442 g/mol. The molecular weight excluding hydrogens is 412 g/mol. The molecule has 0 saturated carbocycles. The van der Waals surface area contributed by atoms with Crippen molar-refractivity contribution >= 4 is 17.8 Å². The third kappa shape index (κ3) is 8.46. The smallest absolute Gasteiger partial charge is 0.328 e. The first kappa shape index (κ1) is 25.0. The van der Waals surface area contributed by atoms with E-state index in [1.165, 1.54) is 0 Å². The van der Waals surface area contributed by atoms with Crippen LogP contribution in [0.3, 0.4) is 0 Å². The van der Waals surface area contributed by atoms with Crippen LogP contribution in [0.4, 0.5) is 0 Å². The number of hydrogen-bond donors (Lipinski definition) is 5. The molecular formula is C23H30N4O5. The van der Waals surface area contributed by atoms with Crippen LogP contribution in [-0.2, 0) is 27.2 Å². The number of amides is 1. The first-order chi connectivity index (χ1) is 15.3. The Morgan fingerprint density at radius 3 is 2.06 bits per heavy atom. The average Bonchev–Trinajstić information content (AvgIpc) is 3.31. The summed E-state index contributed by atoms with van der Waals surface area (Å²) in [6, 6.07) is 14.2. The molecule has 2 aromatic rings. The Morgan fingerprint density at radius 2 is 1.56 bits per heavy atom. The van der Waals surface area contributed by atoms with Gasteiger partial charge in [-0.25, -0.2) is 4.79 Å². The maximum atomic E-state index is 12.0. The molecule has 0 bridgehead atoms. The second-order valence-electron chi connectivity index (χ2n) is 7.56. The lowest BCUT2D eigenvalue weighted by Crippen LogP contribution is -2.36. The molecule has 3 rings (SSSR count). The lowest BCUT2D eigenvalue weighted by molar-refractivity contribution is -0.138. The molecule has 3 atom stereocenters. The molecule has 9 heteroatoms. The van der Waals surface area contributed by atoms with Gasteiger partial charge < -0.3 is 32.4 Å². The van der Waals surface area contributed by atoms with E-state index in [0.717, 1.165) is 30.5 Å². The second-order valence-corrected chi connectivity index (χ2v) is 7.56. The molecule has 0 aliphatic carbocycles. The van der Waals surface area contributed by atoms with E-state index in [-0.39, 0.29) is 18.4 Å². The fraction of sp³-hybridized carbons (Fsp3) is 0.348. The van der Waals surface area contributed by atoms with Crippen LogP contribution in [0.15, 0.2) is 54.6 Å². The summed E-state index contributed by atoms with van der Waals surface area (Å²) in [7, 11) is 0. The van der Waals surface area contributed by atoms with E-state index in [9.17, 15) is 14.4 Å². The minimum atomic E-state index is -1.06. The van der Waals surface area contributed by atoms with Crippen LogP contribution < -0.4 is 27.3 Å². The average molecular weight is 443 g/mol. The molecule has 1 heterocycles. The summed E-state index contributed by atoms with van der Waals surface area (Å²) in [6.07, 6.45) is 2.59. The number of aliphatic carboxylic acids is 1. The van der Waals surface area contributed by atoms with E-state index >= 15 is 0 Å². The summed E-state index contributed by atoms with van der Waals surface area (Å²) < 4.78 is 5.24. The van der Waals surface area contributed by atoms with Crippen LogP contribution in [0, 0.1) is 0 Å². The minimum Gasteiger partial charge on any atom is -0.480 e. The van der Waals surface area contributed by atoms with Gasteiger partial charge in [-0.05, 0) is 55.5 Å². The third-order valence-corrected chi connectivity index (χ3v) is 4.92. The maximum Gasteiger partial charge on any atom is 0.328 e. The molecule has 2 aromatic carbocycles. The summed E-state index contributed by atoms with van der Waals surface area (Å²) >= 11 is 0. The molecule has 0 unspecified atom stereocenters. The first-order valence-electron chi connectivity index (χ1n) is 10.4. The van der Waals surface area contributed by atoms with E-state index in [4.69, 9.17) is 27.0 Å². The number of benzene rings is 2. The molecule has 1 aliphatic heterocycles. The zero-order valence-corrected chi connectivity index (χ0v) is 17.8. The standard InChI is InChI=1S/C18H20N2O4.C5H10N2O/c19-15(17(21)22)10-13-6-8-14(9-7-13)24-18(23)16(20)11-12-4-2-1-3-5-12;6-5(8)4-2-1-3-7-4/h1-9,15-16H,10-11,19-20H2,(H,21,22);4,7H,1-3H2,(H2,6,8)/t15-,16-;4-/m00/s1. The lowest BCUT2D eigenvalue weighted by atomic mass is 10.1. The number of carbonyl (C=O) groups is 3. The Bertz CT molecular complexity index is 883. The minimum absolute atomic E-state index is 0.0463. The molecule has 1 saturated heterocycles. The first-order valence-corrected chi connectivity index (χ1v) is 10.4. The van der Waals surface area contributed by atoms with Crippen molar-refractivity contribution in [1.29, 1.82) is 0 Å². The van der Waals surface area contributed by atoms with Crippen LogP contribution >= 0.6 is 0 Å². The highest BCUT2D eigenvalue weighted by atomic mass is 16.5. The van der Waals surface area contributed by atoms with Gasteiger partial charge in [-0.15, -0.1) is 0 Å². The van der Waals surface area contributed by atoms with E-state index in [1.54, 1.807) is 24.3 Å². The fourth-order valence-corrected chi connectivity index (χ4v) is 3.11. The number of carboxylic acids is 1. The van der Waals surface area contributed by atoms with Gasteiger partial charge in [-0.1, -0.05) is 42.5 Å². The Kier molecular flexibility index (Phi) is 9.80. The van der Waals surface area contributed by atoms with Crippen LogP contribution in [0.25, 0.3) is 0 Å². The molecule has 172 valence electrons. The van der Waals surface area contributed by atoms with Gasteiger partial charge in [0.15, 0.2) is 0 Å². The number of primary amides is 1. The second kappa shape index (κ2) is 12.6. The molecule has 1 fully saturated rings. The van der Waals surface area contributed by atoms with Gasteiger partial charge in [-0.2, -0.15) is 0 Å². The summed E-state index contributed by atoms with van der Waals surface area (Å²) in [5, 5.41) is 11.8. The Labute approximate surface area is 186 Å². The summed E-state index contributed by atoms with van der Waals surface area (Å²) in [4.78, 5) is 33.1. The van der Waals surface area contributed by atoms with Crippen molar-refractivity contribution in [3.63, 3.8) is 0 Å². The maximum absolute atomic E-state index is 12.0. The van der Waals surface area contributed by atoms with Gasteiger partial charge in [0.1, 0.15) is 17.8 Å². The van der Waals surface area contributed by atoms with Gasteiger partial charge in [0.05, 0.1) is 6.04 Å². The zero-order chi connectivity index (χ0) is 23.5. The van der Waals surface area contributed by atoms with Crippen molar-refractivity contribution < 1.29 is 24.2 Å². The lowest BCUT2D eigenvalue weighted by Gasteiger charge is -2.12. The van der Waals surface area contributed by atoms with Crippen LogP contribution in [0.2, 0.25) is 0 Å². The van der Waals surface area contributed by atoms with Crippen LogP contribution in [0.5, 0.6) is 5.75 Å². The fourth-order valence-electron chi connectivity index (χ4n) is 3.11. The van der Waals surface area contributed by atoms with Gasteiger partial charge in [0.2, 0.25) is 5.91 Å². The number of rotatable bonds is 8. The van der Waals surface area contributed by atoms with Gasteiger partial charge in [0, 0.05) is 0 Å². The molecule has 0 radical (unpaired) electrons. The van der Waals surface area contributed by atoms with E-state index < -0.39 is 24.0 Å². The highest BCUT2D eigenvalue weighted by Gasteiger charge is 2.18. The molecule has 9 nitrogen and oxygen atoms in total. The quantitative estimate of drug-likeness (QED) is 0.288. The van der Waals surface area contributed by atoms with Crippen molar-refractivity contribution in [2.24, 2.45) is 17.2 Å². The zero-order valence-electron chi connectivity index (χ0n) is 17.8. The Balaban J connectivity index is 0.000000380. The number of nitrogens with two attached hydrogens (primary N) is 3. The molecule has 1 amide bonds. The van der Waals surface area contributed by atoms with Crippen LogP contribution in [-0.4, -0.2) is 47.6 Å². The highest BCUT2D eigenvalue weighted by Crippen LogP contribution is 2.14. The van der Waals surface area contributed by atoms with E-state index in [2.05, 4.69) is 5.32 Å². The van der Waals surface area contributed by atoms with Crippen molar-refractivity contribution in [2.75, 3.05) is 6.54 Å². The normalized spacial score (nSPS) is 16.9. The highest BCUT2D eigenvalue weighted by molar-refractivity contribution is 5.80. The summed E-state index contributed by atoms with van der Waals surface area (Å²) in [5.74, 6) is -1.44. The number of hydrogen-bond acceptors (Lipinski definition) is 7. The van der Waals surface area contributed by atoms with Crippen molar-refractivity contribution in [3.05, 3.63) is 65.7 Å². The topological polar surface area (TPSA) is 171 Å². The number of carbonyl (C=O) groups excluding carboxylic acids is 2. The summed E-state index contributed by atoms with van der Waals surface area (Å²) in [5.41, 5.74) is 18.1. The molecule has 0 aromatic heterocycles. The van der Waals surface area contributed by atoms with Crippen molar-refractivity contribution in [3.8, 4) is 5.75 Å². The molecule has 8 N–H and O–H groups in total. The van der Waals surface area contributed by atoms with Crippen molar-refractivity contribution in [1.82, 2.24) is 5.32 Å². The van der Waals surface area contributed by atoms with E-state index in [0.29, 0.717) is 12.2 Å². The molecule has 32 heavy (non-hydrogen) atoms. The number of carboxylic acid groups (broad SMARTS) is 1. The third-order valence-electron chi connectivity index (χ3n) is 4.92. The van der Waals surface area contributed by atoms with Gasteiger partial charge in [0.25, 0.3) is 0 Å². The number of esters is 1. The van der Waals surface area contributed by atoms with Crippen molar-refractivity contribution in [2.45, 2.75) is 43.8 Å². The molecule has 0 spiro atoms. The Hall–Kier alpha value is -3.27. The number of ether oxygens (including phenoxy) is 1. The van der Waals surface area contributed by atoms with Crippen LogP contribution in [0.1, 0.15) is 24.0 Å². The predicted octanol–water partition coefficient (Wildman–Crippen LogP) is 0.340. The molecule has 1 aliphatic rings. The SMILES string of the molecule is NC(=O)[C@@H]1CCCN1.N[C@@H](Cc1ccc(OC(=O)[C@@H](N)Cc2ccccc2)cc1)C(=O)O. The van der Waals surface area contributed by atoms with E-state index in [1.807, 2.05) is 30.3 Å². The predicted molar refractivity (Wildman–Crippen MR) is 120 cm³/mol. The Morgan fingerprint density at radius 1 is 0.969 bits per heavy atom. The largest absolute Gasteiger partial charge is 0.480 e. The van der Waals surface area contributed by atoms with Gasteiger partial charge >= 0.3 is 11.9 Å².